The largest absolute Gasteiger partial charge is 0.380 e. The number of halogens is 1. The Balaban J connectivity index is 1.33. The number of likely N-dealkylation sites (tertiary alicyclic amines) is 1. The maximum atomic E-state index is 13.3. The van der Waals surface area contributed by atoms with Crippen LogP contribution in [-0.2, 0) is 12.1 Å². The van der Waals surface area contributed by atoms with E-state index in [-0.39, 0.29) is 11.7 Å². The van der Waals surface area contributed by atoms with E-state index in [1.165, 1.54) is 12.1 Å². The minimum Gasteiger partial charge on any atom is -0.380 e. The van der Waals surface area contributed by atoms with Crippen LogP contribution in [0.5, 0.6) is 0 Å². The van der Waals surface area contributed by atoms with Gasteiger partial charge in [-0.3, -0.25) is 10.00 Å². The lowest BCUT2D eigenvalue weighted by atomic mass is 9.72. The Morgan fingerprint density at radius 2 is 1.45 bits per heavy atom. The van der Waals surface area contributed by atoms with Crippen LogP contribution in [0.1, 0.15) is 29.5 Å². The smallest absolute Gasteiger partial charge is 0.123 e. The van der Waals surface area contributed by atoms with Crippen LogP contribution in [0, 0.1) is 11.7 Å². The maximum Gasteiger partial charge on any atom is 0.123 e. The van der Waals surface area contributed by atoms with Crippen molar-refractivity contribution in [3.05, 3.63) is 114 Å². The quantitative estimate of drug-likeness (QED) is 0.423. The molecule has 5 rings (SSSR count). The third-order valence-electron chi connectivity index (χ3n) is 6.85. The van der Waals surface area contributed by atoms with E-state index < -0.39 is 5.60 Å². The van der Waals surface area contributed by atoms with Crippen molar-refractivity contribution in [2.75, 3.05) is 13.1 Å². The van der Waals surface area contributed by atoms with Gasteiger partial charge in [0.25, 0.3) is 0 Å². The third-order valence-corrected chi connectivity index (χ3v) is 6.85. The zero-order chi connectivity index (χ0) is 22.7. The first-order chi connectivity index (χ1) is 16.1. The number of aromatic amines is 1. The SMILES string of the molecule is OC(c1ccccc1)(c1ccccc1)C1CCN(Cc2cn[nH]c2-c2ccc(F)cc2)CC1. The summed E-state index contributed by atoms with van der Waals surface area (Å²) in [4.78, 5) is 2.41. The van der Waals surface area contributed by atoms with Gasteiger partial charge >= 0.3 is 0 Å². The fraction of sp³-hybridized carbons (Fsp3) is 0.250. The van der Waals surface area contributed by atoms with Crippen molar-refractivity contribution < 1.29 is 9.50 Å². The molecule has 4 aromatic rings. The number of hydrogen-bond donors (Lipinski definition) is 2. The van der Waals surface area contributed by atoms with E-state index in [9.17, 15) is 9.50 Å². The van der Waals surface area contributed by atoms with Crippen LogP contribution in [0.2, 0.25) is 0 Å². The van der Waals surface area contributed by atoms with Crippen molar-refractivity contribution in [2.24, 2.45) is 5.92 Å². The lowest BCUT2D eigenvalue weighted by molar-refractivity contribution is -0.0152. The molecule has 0 unspecified atom stereocenters. The second-order valence-corrected chi connectivity index (χ2v) is 8.83. The second kappa shape index (κ2) is 9.30. The number of nitrogens with one attached hydrogen (secondary N) is 1. The van der Waals surface area contributed by atoms with Gasteiger partial charge in [-0.15, -0.1) is 0 Å². The molecule has 2 N–H and O–H groups in total. The number of hydrogen-bond acceptors (Lipinski definition) is 3. The van der Waals surface area contributed by atoms with Gasteiger partial charge in [0.05, 0.1) is 11.9 Å². The molecule has 168 valence electrons. The Morgan fingerprint density at radius 3 is 2.03 bits per heavy atom. The molecular formula is C28H28FN3O. The molecule has 0 bridgehead atoms. The lowest BCUT2D eigenvalue weighted by Crippen LogP contribution is -2.44. The number of aromatic nitrogens is 2. The maximum absolute atomic E-state index is 13.3. The molecule has 3 aromatic carbocycles. The average molecular weight is 442 g/mol. The number of nitrogens with zero attached hydrogens (tertiary/aromatic N) is 2. The minimum atomic E-state index is -1.01. The van der Waals surface area contributed by atoms with Gasteiger partial charge in [-0.25, -0.2) is 4.39 Å². The molecule has 1 saturated heterocycles. The molecule has 0 saturated carbocycles. The predicted molar refractivity (Wildman–Crippen MR) is 128 cm³/mol. The molecule has 0 amide bonds. The molecule has 1 aliphatic heterocycles. The monoisotopic (exact) mass is 441 g/mol. The fourth-order valence-electron chi connectivity index (χ4n) is 5.07. The zero-order valence-corrected chi connectivity index (χ0v) is 18.5. The fourth-order valence-corrected chi connectivity index (χ4v) is 5.07. The summed E-state index contributed by atoms with van der Waals surface area (Å²) in [6, 6.07) is 26.6. The summed E-state index contributed by atoms with van der Waals surface area (Å²) in [5.74, 6) is -0.120. The third kappa shape index (κ3) is 4.34. The van der Waals surface area contributed by atoms with Crippen molar-refractivity contribution in [1.82, 2.24) is 15.1 Å². The van der Waals surface area contributed by atoms with Gasteiger partial charge in [-0.1, -0.05) is 60.7 Å². The molecular weight excluding hydrogens is 413 g/mol. The van der Waals surface area contributed by atoms with Crippen LogP contribution >= 0.6 is 0 Å². The minimum absolute atomic E-state index is 0.125. The Kier molecular flexibility index (Phi) is 6.07. The first kappa shape index (κ1) is 21.6. The summed E-state index contributed by atoms with van der Waals surface area (Å²) < 4.78 is 13.3. The average Bonchev–Trinajstić information content (AvgIpc) is 3.33. The van der Waals surface area contributed by atoms with Crippen LogP contribution in [-0.4, -0.2) is 33.3 Å². The van der Waals surface area contributed by atoms with Crippen molar-refractivity contribution in [2.45, 2.75) is 25.0 Å². The van der Waals surface area contributed by atoms with Crippen LogP contribution < -0.4 is 0 Å². The standard InChI is InChI=1S/C28H28FN3O/c29-26-13-11-21(12-14-26)27-22(19-30-31-27)20-32-17-15-25(16-18-32)28(33,23-7-3-1-4-8-23)24-9-5-2-6-10-24/h1-14,19,25,33H,15-18,20H2,(H,30,31). The second-order valence-electron chi connectivity index (χ2n) is 8.83. The van der Waals surface area contributed by atoms with Gasteiger partial charge in [0, 0.05) is 17.7 Å². The summed E-state index contributed by atoms with van der Waals surface area (Å²) in [6.07, 6.45) is 3.64. The molecule has 0 spiro atoms. The lowest BCUT2D eigenvalue weighted by Gasteiger charge is -2.42. The van der Waals surface area contributed by atoms with E-state index in [0.29, 0.717) is 0 Å². The predicted octanol–water partition coefficient (Wildman–Crippen LogP) is 5.36. The van der Waals surface area contributed by atoms with Crippen molar-refractivity contribution in [3.8, 4) is 11.3 Å². The molecule has 0 radical (unpaired) electrons. The van der Waals surface area contributed by atoms with E-state index in [2.05, 4.69) is 15.1 Å². The summed E-state index contributed by atoms with van der Waals surface area (Å²) in [6.45, 7) is 2.55. The summed E-state index contributed by atoms with van der Waals surface area (Å²) >= 11 is 0. The van der Waals surface area contributed by atoms with Gasteiger partial charge in [0.2, 0.25) is 0 Å². The summed E-state index contributed by atoms with van der Waals surface area (Å²) in [7, 11) is 0. The highest BCUT2D eigenvalue weighted by atomic mass is 19.1. The Labute approximate surface area is 193 Å². The van der Waals surface area contributed by atoms with E-state index >= 15 is 0 Å². The van der Waals surface area contributed by atoms with E-state index in [0.717, 1.165) is 60.4 Å². The van der Waals surface area contributed by atoms with Crippen molar-refractivity contribution in [3.63, 3.8) is 0 Å². The first-order valence-corrected chi connectivity index (χ1v) is 11.5. The van der Waals surface area contributed by atoms with Crippen LogP contribution in [0.25, 0.3) is 11.3 Å². The molecule has 0 aliphatic carbocycles. The molecule has 2 heterocycles. The van der Waals surface area contributed by atoms with Gasteiger partial charge in [-0.2, -0.15) is 5.10 Å². The number of piperidine rings is 1. The Hall–Kier alpha value is -3.28. The number of benzene rings is 3. The Bertz CT molecular complexity index is 1130. The van der Waals surface area contributed by atoms with Gasteiger partial charge in [0.15, 0.2) is 0 Å². The van der Waals surface area contributed by atoms with Gasteiger partial charge in [0.1, 0.15) is 11.4 Å². The number of rotatable bonds is 6. The van der Waals surface area contributed by atoms with E-state index in [4.69, 9.17) is 0 Å². The Morgan fingerprint density at radius 1 is 0.879 bits per heavy atom. The number of H-pyrrole nitrogens is 1. The molecule has 1 aromatic heterocycles. The van der Waals surface area contributed by atoms with Crippen LogP contribution in [0.3, 0.4) is 0 Å². The molecule has 33 heavy (non-hydrogen) atoms. The normalized spacial score (nSPS) is 15.6. The van der Waals surface area contributed by atoms with Crippen molar-refractivity contribution >= 4 is 0 Å². The highest BCUT2D eigenvalue weighted by Gasteiger charge is 2.41. The topological polar surface area (TPSA) is 52.1 Å². The van der Waals surface area contributed by atoms with E-state index in [1.807, 2.05) is 66.9 Å². The summed E-state index contributed by atoms with van der Waals surface area (Å²) in [5.41, 5.74) is 3.85. The van der Waals surface area contributed by atoms with Gasteiger partial charge < -0.3 is 5.11 Å². The zero-order valence-electron chi connectivity index (χ0n) is 18.5. The number of aliphatic hydroxyl groups is 1. The van der Waals surface area contributed by atoms with Gasteiger partial charge in [-0.05, 0) is 67.2 Å². The molecule has 5 heteroatoms. The molecule has 4 nitrogen and oxygen atoms in total. The van der Waals surface area contributed by atoms with E-state index in [1.54, 1.807) is 12.1 Å². The summed E-state index contributed by atoms with van der Waals surface area (Å²) in [5, 5.41) is 19.4. The van der Waals surface area contributed by atoms with Crippen LogP contribution in [0.15, 0.2) is 91.1 Å². The molecule has 1 fully saturated rings. The van der Waals surface area contributed by atoms with Crippen LogP contribution in [0.4, 0.5) is 4.39 Å². The first-order valence-electron chi connectivity index (χ1n) is 11.5. The van der Waals surface area contributed by atoms with Crippen molar-refractivity contribution in [1.29, 1.82) is 0 Å². The molecule has 1 aliphatic rings. The highest BCUT2D eigenvalue weighted by Crippen LogP contribution is 2.42. The molecule has 0 atom stereocenters. The highest BCUT2D eigenvalue weighted by molar-refractivity contribution is 5.62.